The number of fused-ring (bicyclic) bond motifs is 1. The van der Waals surface area contributed by atoms with E-state index in [1.807, 2.05) is 50.4 Å². The molecule has 0 radical (unpaired) electrons. The number of carbonyl (C=O) groups excluding carboxylic acids is 2. The number of hydrogen-bond acceptors (Lipinski definition) is 6. The van der Waals surface area contributed by atoms with E-state index in [4.69, 9.17) is 0 Å². The van der Waals surface area contributed by atoms with E-state index in [1.54, 1.807) is 10.9 Å². The fourth-order valence-corrected chi connectivity index (χ4v) is 3.39. The molecule has 0 saturated carbocycles. The van der Waals surface area contributed by atoms with Gasteiger partial charge in [0, 0.05) is 50.1 Å². The smallest absolute Gasteiger partial charge is 0.273 e. The largest absolute Gasteiger partial charge is 0.354 e. The Labute approximate surface area is 174 Å². The summed E-state index contributed by atoms with van der Waals surface area (Å²) in [6.45, 7) is 2.76. The molecule has 30 heavy (non-hydrogen) atoms. The molecule has 4 heterocycles. The zero-order chi connectivity index (χ0) is 21.1. The number of nitrogens with one attached hydrogen (secondary N) is 2. The zero-order valence-corrected chi connectivity index (χ0v) is 16.9. The van der Waals surface area contributed by atoms with Crippen LogP contribution >= 0.6 is 0 Å². The number of aromatic nitrogens is 4. The maximum Gasteiger partial charge on any atom is 0.273 e. The van der Waals surface area contributed by atoms with Crippen LogP contribution in [-0.4, -0.2) is 49.6 Å². The highest BCUT2D eigenvalue weighted by Crippen LogP contribution is 2.24. The van der Waals surface area contributed by atoms with Crippen molar-refractivity contribution in [1.82, 2.24) is 30.0 Å². The topological polar surface area (TPSA) is 105 Å². The van der Waals surface area contributed by atoms with E-state index in [-0.39, 0.29) is 18.4 Å². The van der Waals surface area contributed by atoms with E-state index in [2.05, 4.69) is 25.7 Å². The van der Waals surface area contributed by atoms with Crippen LogP contribution in [0.3, 0.4) is 0 Å². The average Bonchev–Trinajstić information content (AvgIpc) is 3.21. The molecule has 0 aliphatic carbocycles. The fraction of sp³-hybridized carbons (Fsp3) is 0.286. The molecule has 2 N–H and O–H groups in total. The van der Waals surface area contributed by atoms with E-state index < -0.39 is 0 Å². The van der Waals surface area contributed by atoms with Crippen LogP contribution in [0.1, 0.15) is 27.4 Å². The molecule has 0 saturated heterocycles. The number of hydrogen-bond donors (Lipinski definition) is 2. The lowest BCUT2D eigenvalue weighted by Gasteiger charge is -2.14. The maximum atomic E-state index is 12.7. The summed E-state index contributed by atoms with van der Waals surface area (Å²) in [6.07, 6.45) is 2.37. The summed E-state index contributed by atoms with van der Waals surface area (Å²) in [7, 11) is 1.84. The van der Waals surface area contributed by atoms with Gasteiger partial charge >= 0.3 is 0 Å². The molecule has 0 fully saturated rings. The van der Waals surface area contributed by atoms with E-state index in [0.717, 1.165) is 22.8 Å². The summed E-state index contributed by atoms with van der Waals surface area (Å²) < 4.78 is 1.72. The third-order valence-electron chi connectivity index (χ3n) is 4.85. The first-order chi connectivity index (χ1) is 14.5. The molecule has 0 aromatic carbocycles. The highest BCUT2D eigenvalue weighted by Gasteiger charge is 2.30. The average molecular weight is 405 g/mol. The molecule has 0 atom stereocenters. The van der Waals surface area contributed by atoms with Gasteiger partial charge in [-0.1, -0.05) is 12.1 Å². The normalized spacial score (nSPS) is 12.7. The summed E-state index contributed by atoms with van der Waals surface area (Å²) in [5, 5.41) is 10.3. The van der Waals surface area contributed by atoms with Gasteiger partial charge in [0.15, 0.2) is 0 Å². The second kappa shape index (κ2) is 8.32. The lowest BCUT2D eigenvalue weighted by atomic mass is 10.2. The highest BCUT2D eigenvalue weighted by molar-refractivity contribution is 5.99. The molecule has 9 nitrogen and oxygen atoms in total. The Balaban J connectivity index is 1.34. The van der Waals surface area contributed by atoms with Crippen molar-refractivity contribution in [1.29, 1.82) is 0 Å². The Morgan fingerprint density at radius 2 is 2.10 bits per heavy atom. The quantitative estimate of drug-likeness (QED) is 0.618. The van der Waals surface area contributed by atoms with Crippen LogP contribution in [0.2, 0.25) is 0 Å². The van der Waals surface area contributed by atoms with Crippen LogP contribution in [0, 0.1) is 6.92 Å². The monoisotopic (exact) mass is 405 g/mol. The molecular weight excluding hydrogens is 382 g/mol. The van der Waals surface area contributed by atoms with Gasteiger partial charge in [-0.25, -0.2) is 4.98 Å². The first-order valence-corrected chi connectivity index (χ1v) is 9.73. The van der Waals surface area contributed by atoms with Crippen molar-refractivity contribution in [3.8, 4) is 0 Å². The number of pyridine rings is 2. The van der Waals surface area contributed by atoms with Crippen LogP contribution in [0.15, 0.2) is 42.6 Å². The molecule has 154 valence electrons. The molecule has 1 aliphatic heterocycles. The highest BCUT2D eigenvalue weighted by atomic mass is 16.2. The van der Waals surface area contributed by atoms with Crippen LogP contribution in [0.4, 0.5) is 11.6 Å². The molecule has 0 spiro atoms. The predicted molar refractivity (Wildman–Crippen MR) is 111 cm³/mol. The molecule has 3 aromatic rings. The molecule has 9 heteroatoms. The number of nitrogens with zero attached hydrogens (tertiary/aromatic N) is 5. The van der Waals surface area contributed by atoms with Gasteiger partial charge < -0.3 is 15.5 Å². The van der Waals surface area contributed by atoms with E-state index in [1.165, 1.54) is 4.90 Å². The SMILES string of the molecule is Cc1cc(Nc2ccc3c(n2)C(=O)N(CC(=O)NCCc2ccccn2)C3)n(C)n1. The number of carbonyl (C=O) groups is 2. The summed E-state index contributed by atoms with van der Waals surface area (Å²) in [5.74, 6) is 0.909. The van der Waals surface area contributed by atoms with Crippen LogP contribution in [0.5, 0.6) is 0 Å². The minimum Gasteiger partial charge on any atom is -0.354 e. The minimum atomic E-state index is -0.241. The van der Waals surface area contributed by atoms with Crippen molar-refractivity contribution in [3.63, 3.8) is 0 Å². The number of amides is 2. The lowest BCUT2D eigenvalue weighted by molar-refractivity contribution is -0.121. The van der Waals surface area contributed by atoms with Crippen molar-refractivity contribution in [2.75, 3.05) is 18.4 Å². The Morgan fingerprint density at radius 3 is 2.83 bits per heavy atom. The maximum absolute atomic E-state index is 12.7. The number of aryl methyl sites for hydroxylation is 2. The molecule has 2 amide bonds. The van der Waals surface area contributed by atoms with Crippen molar-refractivity contribution in [3.05, 3.63) is 65.2 Å². The van der Waals surface area contributed by atoms with Gasteiger partial charge in [-0.15, -0.1) is 0 Å². The van der Waals surface area contributed by atoms with Gasteiger partial charge in [-0.05, 0) is 25.1 Å². The van der Waals surface area contributed by atoms with E-state index >= 15 is 0 Å². The number of rotatable bonds is 7. The summed E-state index contributed by atoms with van der Waals surface area (Å²) in [5.41, 5.74) is 2.99. The summed E-state index contributed by atoms with van der Waals surface area (Å²) in [6, 6.07) is 11.3. The third kappa shape index (κ3) is 4.29. The van der Waals surface area contributed by atoms with E-state index in [0.29, 0.717) is 31.0 Å². The van der Waals surface area contributed by atoms with Crippen LogP contribution < -0.4 is 10.6 Å². The fourth-order valence-electron chi connectivity index (χ4n) is 3.39. The molecule has 0 bridgehead atoms. The summed E-state index contributed by atoms with van der Waals surface area (Å²) >= 11 is 0. The second-order valence-corrected chi connectivity index (χ2v) is 7.21. The molecule has 0 unspecified atom stereocenters. The Hall–Kier alpha value is -3.75. The lowest BCUT2D eigenvalue weighted by Crippen LogP contribution is -2.38. The minimum absolute atomic E-state index is 0.00109. The predicted octanol–water partition coefficient (Wildman–Crippen LogP) is 1.58. The molecular formula is C21H23N7O2. The van der Waals surface area contributed by atoms with Crippen LogP contribution in [0.25, 0.3) is 0 Å². The van der Waals surface area contributed by atoms with Crippen molar-refractivity contribution < 1.29 is 9.59 Å². The standard InChI is InChI=1S/C21H23N7O2/c1-14-11-18(27(2)26-14)24-17-7-6-15-12-28(21(30)20(15)25-17)13-19(29)23-10-8-16-5-3-4-9-22-16/h3-7,9,11H,8,10,12-13H2,1-2H3,(H,23,29)(H,24,25). The Bertz CT molecular complexity index is 1080. The van der Waals surface area contributed by atoms with Gasteiger partial charge in [0.25, 0.3) is 5.91 Å². The Kier molecular flexibility index (Phi) is 5.42. The van der Waals surface area contributed by atoms with Gasteiger partial charge in [0.2, 0.25) is 5.91 Å². The second-order valence-electron chi connectivity index (χ2n) is 7.21. The van der Waals surface area contributed by atoms with Crippen molar-refractivity contribution in [2.45, 2.75) is 19.9 Å². The third-order valence-corrected chi connectivity index (χ3v) is 4.85. The molecule has 3 aromatic heterocycles. The molecule has 1 aliphatic rings. The van der Waals surface area contributed by atoms with Gasteiger partial charge in [-0.2, -0.15) is 5.10 Å². The molecule has 4 rings (SSSR count). The van der Waals surface area contributed by atoms with Gasteiger partial charge in [0.1, 0.15) is 23.9 Å². The Morgan fingerprint density at radius 1 is 1.23 bits per heavy atom. The van der Waals surface area contributed by atoms with Gasteiger partial charge in [0.05, 0.1) is 5.69 Å². The first kappa shape index (κ1) is 19.6. The van der Waals surface area contributed by atoms with Crippen molar-refractivity contribution in [2.24, 2.45) is 7.05 Å². The zero-order valence-electron chi connectivity index (χ0n) is 16.9. The number of anilines is 2. The van der Waals surface area contributed by atoms with Gasteiger partial charge in [-0.3, -0.25) is 19.3 Å². The van der Waals surface area contributed by atoms with E-state index in [9.17, 15) is 9.59 Å². The first-order valence-electron chi connectivity index (χ1n) is 9.73. The van der Waals surface area contributed by atoms with Crippen molar-refractivity contribution >= 4 is 23.5 Å². The van der Waals surface area contributed by atoms with Crippen LogP contribution in [-0.2, 0) is 24.8 Å². The summed E-state index contributed by atoms with van der Waals surface area (Å²) in [4.78, 5) is 35.2.